The Morgan fingerprint density at radius 3 is 2.00 bits per heavy atom. The van der Waals surface area contributed by atoms with Gasteiger partial charge in [-0.05, 0) is 24.3 Å². The predicted octanol–water partition coefficient (Wildman–Crippen LogP) is 5.20. The Hall–Kier alpha value is -2.17. The van der Waals surface area contributed by atoms with Crippen LogP contribution in [0.15, 0.2) is 54.6 Å². The number of nitrogens with one attached hydrogen (secondary N) is 3. The van der Waals surface area contributed by atoms with Gasteiger partial charge in [-0.3, -0.25) is 5.10 Å². The highest BCUT2D eigenvalue weighted by Crippen LogP contribution is 2.27. The van der Waals surface area contributed by atoms with Gasteiger partial charge in [-0.1, -0.05) is 47.5 Å². The van der Waals surface area contributed by atoms with Crippen LogP contribution in [0.4, 0.5) is 23.0 Å². The zero-order valence-corrected chi connectivity index (χ0v) is 12.4. The van der Waals surface area contributed by atoms with Crippen molar-refractivity contribution < 1.29 is 0 Å². The van der Waals surface area contributed by atoms with E-state index in [1.165, 1.54) is 0 Å². The molecule has 0 unspecified atom stereocenters. The largest absolute Gasteiger partial charge is 0.339 e. The Morgan fingerprint density at radius 2 is 1.38 bits per heavy atom. The Morgan fingerprint density at radius 1 is 0.810 bits per heavy atom. The summed E-state index contributed by atoms with van der Waals surface area (Å²) in [5.74, 6) is 1.40. The molecule has 0 saturated carbocycles. The lowest BCUT2D eigenvalue weighted by molar-refractivity contribution is 1.09. The number of hydrogen-bond donors (Lipinski definition) is 3. The Kier molecular flexibility index (Phi) is 3.99. The first kappa shape index (κ1) is 13.8. The number of anilines is 4. The van der Waals surface area contributed by atoms with E-state index in [9.17, 15) is 0 Å². The van der Waals surface area contributed by atoms with Gasteiger partial charge in [-0.25, -0.2) is 0 Å². The summed E-state index contributed by atoms with van der Waals surface area (Å²) in [6, 6.07) is 16.8. The average Bonchev–Trinajstić information content (AvgIpc) is 2.91. The van der Waals surface area contributed by atoms with Crippen LogP contribution < -0.4 is 10.6 Å². The van der Waals surface area contributed by atoms with Crippen LogP contribution in [0.3, 0.4) is 0 Å². The van der Waals surface area contributed by atoms with Crippen molar-refractivity contribution in [2.24, 2.45) is 0 Å². The number of H-pyrrole nitrogens is 1. The highest BCUT2D eigenvalue weighted by Gasteiger charge is 2.05. The van der Waals surface area contributed by atoms with Gasteiger partial charge in [0.05, 0.1) is 21.4 Å². The lowest BCUT2D eigenvalue weighted by Crippen LogP contribution is -1.91. The third kappa shape index (κ3) is 3.29. The number of para-hydroxylation sites is 2. The molecule has 2 aromatic carbocycles. The maximum Gasteiger partial charge on any atom is 0.154 e. The smallest absolute Gasteiger partial charge is 0.154 e. The molecule has 3 rings (SSSR count). The van der Waals surface area contributed by atoms with Crippen molar-refractivity contribution in [3.8, 4) is 0 Å². The standard InChI is InChI=1S/C15H12Cl2N4/c16-10-5-1-3-7-12(10)18-14-9-15(21-20-14)19-13-8-4-2-6-11(13)17/h1-9H,(H3,18,19,20,21). The van der Waals surface area contributed by atoms with Crippen LogP contribution in [0.1, 0.15) is 0 Å². The van der Waals surface area contributed by atoms with E-state index in [2.05, 4.69) is 20.8 Å². The summed E-state index contributed by atoms with van der Waals surface area (Å²) in [6.07, 6.45) is 0. The number of aromatic nitrogens is 2. The number of hydrogen-bond acceptors (Lipinski definition) is 3. The molecule has 0 spiro atoms. The van der Waals surface area contributed by atoms with Gasteiger partial charge in [-0.2, -0.15) is 5.10 Å². The van der Waals surface area contributed by atoms with Gasteiger partial charge in [-0.15, -0.1) is 0 Å². The van der Waals surface area contributed by atoms with Gasteiger partial charge < -0.3 is 10.6 Å². The van der Waals surface area contributed by atoms with Crippen LogP contribution in [0.25, 0.3) is 0 Å². The number of nitrogens with zero attached hydrogens (tertiary/aromatic N) is 1. The summed E-state index contributed by atoms with van der Waals surface area (Å²) in [5.41, 5.74) is 1.61. The van der Waals surface area contributed by atoms with E-state index in [0.717, 1.165) is 17.2 Å². The second-order valence-electron chi connectivity index (χ2n) is 4.38. The van der Waals surface area contributed by atoms with Crippen LogP contribution in [0.5, 0.6) is 0 Å². The minimum absolute atomic E-state index is 0.640. The molecule has 21 heavy (non-hydrogen) atoms. The van der Waals surface area contributed by atoms with Crippen molar-refractivity contribution in [1.29, 1.82) is 0 Å². The van der Waals surface area contributed by atoms with Crippen molar-refractivity contribution in [2.75, 3.05) is 10.6 Å². The summed E-state index contributed by atoms with van der Waals surface area (Å²) >= 11 is 12.2. The van der Waals surface area contributed by atoms with Crippen molar-refractivity contribution in [1.82, 2.24) is 10.2 Å². The molecule has 4 nitrogen and oxygen atoms in total. The molecule has 0 bridgehead atoms. The summed E-state index contributed by atoms with van der Waals surface area (Å²) < 4.78 is 0. The zero-order chi connectivity index (χ0) is 14.7. The van der Waals surface area contributed by atoms with Gasteiger partial charge in [0.15, 0.2) is 5.82 Å². The number of benzene rings is 2. The summed E-state index contributed by atoms with van der Waals surface area (Å²) in [7, 11) is 0. The van der Waals surface area contributed by atoms with Gasteiger partial charge >= 0.3 is 0 Å². The van der Waals surface area contributed by atoms with Crippen molar-refractivity contribution in [3.63, 3.8) is 0 Å². The van der Waals surface area contributed by atoms with Crippen molar-refractivity contribution in [2.45, 2.75) is 0 Å². The van der Waals surface area contributed by atoms with E-state index in [0.29, 0.717) is 15.9 Å². The van der Waals surface area contributed by atoms with E-state index in [1.807, 2.05) is 54.6 Å². The Labute approximate surface area is 132 Å². The van der Waals surface area contributed by atoms with Crippen molar-refractivity contribution >= 4 is 46.2 Å². The predicted molar refractivity (Wildman–Crippen MR) is 88.1 cm³/mol. The van der Waals surface area contributed by atoms with Crippen molar-refractivity contribution in [3.05, 3.63) is 64.6 Å². The molecule has 0 radical (unpaired) electrons. The maximum atomic E-state index is 6.10. The summed E-state index contributed by atoms with van der Waals surface area (Å²) in [6.45, 7) is 0. The lowest BCUT2D eigenvalue weighted by atomic mass is 10.3. The molecule has 0 aliphatic rings. The van der Waals surface area contributed by atoms with Crippen LogP contribution in [0.2, 0.25) is 10.0 Å². The maximum absolute atomic E-state index is 6.10. The molecule has 0 atom stereocenters. The number of halogens is 2. The third-order valence-electron chi connectivity index (χ3n) is 2.86. The monoisotopic (exact) mass is 318 g/mol. The highest BCUT2D eigenvalue weighted by atomic mass is 35.5. The highest BCUT2D eigenvalue weighted by molar-refractivity contribution is 6.33. The molecular formula is C15H12Cl2N4. The fourth-order valence-electron chi connectivity index (χ4n) is 1.86. The molecule has 3 aromatic rings. The Bertz CT molecular complexity index is 693. The summed E-state index contributed by atoms with van der Waals surface area (Å²) in [5, 5.41) is 14.7. The molecule has 0 amide bonds. The van der Waals surface area contributed by atoms with Crippen LogP contribution in [0, 0.1) is 0 Å². The van der Waals surface area contributed by atoms with E-state index in [-0.39, 0.29) is 0 Å². The quantitative estimate of drug-likeness (QED) is 0.619. The molecule has 0 fully saturated rings. The first-order valence-corrected chi connectivity index (χ1v) is 7.06. The average molecular weight is 319 g/mol. The molecule has 3 N–H and O–H groups in total. The number of aromatic amines is 1. The van der Waals surface area contributed by atoms with Gasteiger partial charge in [0.25, 0.3) is 0 Å². The van der Waals surface area contributed by atoms with Gasteiger partial charge in [0, 0.05) is 6.07 Å². The molecule has 106 valence electrons. The fraction of sp³-hybridized carbons (Fsp3) is 0. The van der Waals surface area contributed by atoms with Crippen LogP contribution in [-0.2, 0) is 0 Å². The van der Waals surface area contributed by atoms with E-state index >= 15 is 0 Å². The summed E-state index contributed by atoms with van der Waals surface area (Å²) in [4.78, 5) is 0. The SMILES string of the molecule is Clc1ccccc1Nc1cc(Nc2ccccc2Cl)[nH]n1. The fourth-order valence-corrected chi connectivity index (χ4v) is 2.22. The number of rotatable bonds is 4. The van der Waals surface area contributed by atoms with E-state index in [4.69, 9.17) is 23.2 Å². The molecule has 1 heterocycles. The molecule has 6 heteroatoms. The van der Waals surface area contributed by atoms with E-state index < -0.39 is 0 Å². The normalized spacial score (nSPS) is 10.4. The lowest BCUT2D eigenvalue weighted by Gasteiger charge is -2.05. The molecular weight excluding hydrogens is 307 g/mol. The molecule has 1 aromatic heterocycles. The van der Waals surface area contributed by atoms with Crippen LogP contribution >= 0.6 is 23.2 Å². The van der Waals surface area contributed by atoms with Gasteiger partial charge in [0.2, 0.25) is 0 Å². The topological polar surface area (TPSA) is 52.7 Å². The van der Waals surface area contributed by atoms with Crippen LogP contribution in [-0.4, -0.2) is 10.2 Å². The van der Waals surface area contributed by atoms with Gasteiger partial charge in [0.1, 0.15) is 5.82 Å². The minimum atomic E-state index is 0.640. The second kappa shape index (κ2) is 6.08. The first-order chi connectivity index (χ1) is 10.2. The zero-order valence-electron chi connectivity index (χ0n) is 10.9. The molecule has 0 aliphatic carbocycles. The molecule has 0 saturated heterocycles. The second-order valence-corrected chi connectivity index (χ2v) is 5.19. The molecule has 0 aliphatic heterocycles. The van der Waals surface area contributed by atoms with E-state index in [1.54, 1.807) is 0 Å². The minimum Gasteiger partial charge on any atom is -0.339 e. The Balaban J connectivity index is 1.75. The third-order valence-corrected chi connectivity index (χ3v) is 3.52. The first-order valence-electron chi connectivity index (χ1n) is 6.31.